The van der Waals surface area contributed by atoms with Crippen LogP contribution in [0.3, 0.4) is 0 Å². The molecule has 0 bridgehead atoms. The first-order valence-electron chi connectivity index (χ1n) is 10.4. The van der Waals surface area contributed by atoms with Gasteiger partial charge in [0.1, 0.15) is 22.2 Å². The summed E-state index contributed by atoms with van der Waals surface area (Å²) >= 11 is 2.45. The third-order valence-electron chi connectivity index (χ3n) is 5.31. The number of benzene rings is 2. The molecule has 4 aromatic rings. The summed E-state index contributed by atoms with van der Waals surface area (Å²) in [4.78, 5) is 32.4. The first-order chi connectivity index (χ1) is 16.2. The first-order valence-corrected chi connectivity index (χ1v) is 12.2. The summed E-state index contributed by atoms with van der Waals surface area (Å²) in [5.41, 5.74) is 1.74. The predicted octanol–water partition coefficient (Wildman–Crippen LogP) is 5.34. The van der Waals surface area contributed by atoms with E-state index in [-0.39, 0.29) is 22.7 Å². The van der Waals surface area contributed by atoms with Crippen molar-refractivity contribution in [2.24, 2.45) is 0 Å². The van der Waals surface area contributed by atoms with Gasteiger partial charge in [-0.25, -0.2) is 13.8 Å². The maximum absolute atomic E-state index is 13.9. The van der Waals surface area contributed by atoms with Crippen molar-refractivity contribution < 1.29 is 18.7 Å². The number of fused-ring (bicyclic) bond motifs is 1. The van der Waals surface area contributed by atoms with Gasteiger partial charge in [-0.1, -0.05) is 18.7 Å². The molecule has 10 heteroatoms. The second-order valence-corrected chi connectivity index (χ2v) is 9.78. The summed E-state index contributed by atoms with van der Waals surface area (Å²) in [5.74, 6) is -2.24. The normalized spacial score (nSPS) is 11.2. The molecule has 4 rings (SSSR count). The summed E-state index contributed by atoms with van der Waals surface area (Å²) in [6, 6.07) is 7.54. The average Bonchev–Trinajstić information content (AvgIpc) is 3.10. The van der Waals surface area contributed by atoms with Gasteiger partial charge >= 0.3 is 0 Å². The Labute approximate surface area is 202 Å². The van der Waals surface area contributed by atoms with Crippen LogP contribution in [-0.2, 0) is 11.2 Å². The molecule has 0 radical (unpaired) electrons. The Bertz CT molecular complexity index is 1480. The van der Waals surface area contributed by atoms with Gasteiger partial charge in [-0.2, -0.15) is 0 Å². The van der Waals surface area contributed by atoms with Crippen LogP contribution in [0.25, 0.3) is 15.9 Å². The molecule has 0 fully saturated rings. The molecular formula is C24H21F2N3O3S2. The standard InChI is InChI=1S/C24H21F2N3O3S2/c1-4-16-13(3)34-22-21(16)23(32)29(19-8-6-15(30)9-12(19)2)24(28-22)33-11-20(31)27-18-7-5-14(25)10-17(18)26/h5-10,30H,4,11H2,1-3H3,(H,27,31). The maximum Gasteiger partial charge on any atom is 0.267 e. The van der Waals surface area contributed by atoms with E-state index in [0.29, 0.717) is 39.1 Å². The Morgan fingerprint density at radius 2 is 1.97 bits per heavy atom. The number of amides is 1. The van der Waals surface area contributed by atoms with Crippen LogP contribution in [-0.4, -0.2) is 26.3 Å². The number of hydrogen-bond donors (Lipinski definition) is 2. The highest BCUT2D eigenvalue weighted by Crippen LogP contribution is 2.31. The number of aromatic nitrogens is 2. The number of halogens is 2. The van der Waals surface area contributed by atoms with Gasteiger partial charge in [-0.15, -0.1) is 11.3 Å². The summed E-state index contributed by atoms with van der Waals surface area (Å²) < 4.78 is 28.5. The number of aryl methyl sites for hydroxylation is 3. The molecule has 0 aliphatic carbocycles. The van der Waals surface area contributed by atoms with E-state index in [1.165, 1.54) is 22.0 Å². The molecule has 0 aliphatic heterocycles. The number of anilines is 1. The molecule has 34 heavy (non-hydrogen) atoms. The summed E-state index contributed by atoms with van der Waals surface area (Å²) in [6.07, 6.45) is 0.676. The van der Waals surface area contributed by atoms with Crippen LogP contribution >= 0.6 is 23.1 Å². The van der Waals surface area contributed by atoms with Gasteiger partial charge in [0.25, 0.3) is 5.56 Å². The fourth-order valence-electron chi connectivity index (χ4n) is 3.73. The van der Waals surface area contributed by atoms with Crippen LogP contribution in [0, 0.1) is 25.5 Å². The van der Waals surface area contributed by atoms with Crippen LogP contribution < -0.4 is 10.9 Å². The van der Waals surface area contributed by atoms with Crippen LogP contribution in [0.4, 0.5) is 14.5 Å². The molecule has 1 amide bonds. The molecule has 2 heterocycles. The number of thioether (sulfide) groups is 1. The second-order valence-electron chi connectivity index (χ2n) is 7.64. The number of rotatable bonds is 6. The first kappa shape index (κ1) is 23.9. The number of carbonyl (C=O) groups excluding carboxylic acids is 1. The van der Waals surface area contributed by atoms with E-state index in [4.69, 9.17) is 4.98 Å². The predicted molar refractivity (Wildman–Crippen MR) is 131 cm³/mol. The van der Waals surface area contributed by atoms with Crippen LogP contribution in [0.2, 0.25) is 0 Å². The topological polar surface area (TPSA) is 84.2 Å². The summed E-state index contributed by atoms with van der Waals surface area (Å²) in [5, 5.41) is 13.1. The molecule has 2 aromatic carbocycles. The van der Waals surface area contributed by atoms with E-state index < -0.39 is 17.5 Å². The largest absolute Gasteiger partial charge is 0.508 e. The number of aromatic hydroxyl groups is 1. The van der Waals surface area contributed by atoms with Gasteiger partial charge in [0, 0.05) is 10.9 Å². The highest BCUT2D eigenvalue weighted by Gasteiger charge is 2.21. The molecular weight excluding hydrogens is 480 g/mol. The Balaban J connectivity index is 1.75. The van der Waals surface area contributed by atoms with Gasteiger partial charge in [-0.05, 0) is 61.7 Å². The molecule has 2 aromatic heterocycles. The van der Waals surface area contributed by atoms with Crippen molar-refractivity contribution in [2.45, 2.75) is 32.3 Å². The smallest absolute Gasteiger partial charge is 0.267 e. The monoisotopic (exact) mass is 501 g/mol. The van der Waals surface area contributed by atoms with Crippen LogP contribution in [0.15, 0.2) is 46.3 Å². The van der Waals surface area contributed by atoms with E-state index in [9.17, 15) is 23.5 Å². The Hall–Kier alpha value is -3.24. The van der Waals surface area contributed by atoms with Crippen molar-refractivity contribution in [1.82, 2.24) is 9.55 Å². The van der Waals surface area contributed by atoms with Gasteiger partial charge in [-0.3, -0.25) is 14.2 Å². The third kappa shape index (κ3) is 4.55. The molecule has 0 aliphatic rings. The molecule has 0 saturated heterocycles. The van der Waals surface area contributed by atoms with Gasteiger partial charge in [0.2, 0.25) is 5.91 Å². The van der Waals surface area contributed by atoms with E-state index in [1.54, 1.807) is 19.1 Å². The highest BCUT2D eigenvalue weighted by atomic mass is 32.2. The van der Waals surface area contributed by atoms with Gasteiger partial charge in [0.15, 0.2) is 5.16 Å². The fourth-order valence-corrected chi connectivity index (χ4v) is 5.69. The minimum atomic E-state index is -0.879. The third-order valence-corrected chi connectivity index (χ3v) is 7.29. The zero-order valence-corrected chi connectivity index (χ0v) is 20.2. The Morgan fingerprint density at radius 3 is 2.65 bits per heavy atom. The molecule has 2 N–H and O–H groups in total. The number of phenolic OH excluding ortho intramolecular Hbond substituents is 1. The Morgan fingerprint density at radius 1 is 1.21 bits per heavy atom. The average molecular weight is 502 g/mol. The molecule has 6 nitrogen and oxygen atoms in total. The van der Waals surface area contributed by atoms with E-state index in [1.807, 2.05) is 13.8 Å². The number of carbonyl (C=O) groups is 1. The number of phenols is 1. The number of nitrogens with zero attached hydrogens (tertiary/aromatic N) is 2. The molecule has 0 saturated carbocycles. The van der Waals surface area contributed by atoms with Crippen LogP contribution in [0.5, 0.6) is 5.75 Å². The van der Waals surface area contributed by atoms with Crippen molar-refractivity contribution in [2.75, 3.05) is 11.1 Å². The lowest BCUT2D eigenvalue weighted by Crippen LogP contribution is -2.23. The summed E-state index contributed by atoms with van der Waals surface area (Å²) in [7, 11) is 0. The minimum Gasteiger partial charge on any atom is -0.508 e. The van der Waals surface area contributed by atoms with Crippen molar-refractivity contribution in [3.05, 3.63) is 74.4 Å². The molecule has 176 valence electrons. The van der Waals surface area contributed by atoms with Crippen molar-refractivity contribution in [1.29, 1.82) is 0 Å². The number of hydrogen-bond acceptors (Lipinski definition) is 6. The zero-order valence-electron chi connectivity index (χ0n) is 18.6. The highest BCUT2D eigenvalue weighted by molar-refractivity contribution is 7.99. The number of thiophene rings is 1. The number of nitrogens with one attached hydrogen (secondary N) is 1. The minimum absolute atomic E-state index is 0.0684. The zero-order chi connectivity index (χ0) is 24.6. The second kappa shape index (κ2) is 9.55. The SMILES string of the molecule is CCc1c(C)sc2nc(SCC(=O)Nc3ccc(F)cc3F)n(-c3ccc(O)cc3C)c(=O)c12. The van der Waals surface area contributed by atoms with E-state index in [2.05, 4.69) is 5.32 Å². The maximum atomic E-state index is 13.9. The Kier molecular flexibility index (Phi) is 6.72. The molecule has 0 unspecified atom stereocenters. The molecule has 0 spiro atoms. The molecule has 0 atom stereocenters. The van der Waals surface area contributed by atoms with Gasteiger partial charge < -0.3 is 10.4 Å². The van der Waals surface area contributed by atoms with Crippen molar-refractivity contribution >= 4 is 44.9 Å². The summed E-state index contributed by atoms with van der Waals surface area (Å²) in [6.45, 7) is 5.69. The van der Waals surface area contributed by atoms with Crippen molar-refractivity contribution in [3.63, 3.8) is 0 Å². The lowest BCUT2D eigenvalue weighted by molar-refractivity contribution is -0.113. The van der Waals surface area contributed by atoms with E-state index >= 15 is 0 Å². The van der Waals surface area contributed by atoms with Gasteiger partial charge in [0.05, 0.1) is 22.5 Å². The fraction of sp³-hybridized carbons (Fsp3) is 0.208. The lowest BCUT2D eigenvalue weighted by Gasteiger charge is -2.15. The lowest BCUT2D eigenvalue weighted by atomic mass is 10.1. The van der Waals surface area contributed by atoms with Crippen molar-refractivity contribution in [3.8, 4) is 11.4 Å². The quantitative estimate of drug-likeness (QED) is 0.275. The van der Waals surface area contributed by atoms with E-state index in [0.717, 1.165) is 34.3 Å². The van der Waals surface area contributed by atoms with Crippen LogP contribution in [0.1, 0.15) is 22.9 Å².